The number of carbonyl (C=O) groups is 2. The Labute approximate surface area is 221 Å². The van der Waals surface area contributed by atoms with Crippen molar-refractivity contribution in [3.05, 3.63) is 0 Å². The number of carbonyl (C=O) groups excluding carboxylic acids is 2. The van der Waals surface area contributed by atoms with Crippen LogP contribution in [0.3, 0.4) is 0 Å². The maximum atomic E-state index is 12.0. The molecule has 0 bridgehead atoms. The summed E-state index contributed by atoms with van der Waals surface area (Å²) in [5.41, 5.74) is 0.436. The molecule has 0 aromatic rings. The van der Waals surface area contributed by atoms with Crippen LogP contribution in [0.15, 0.2) is 0 Å². The summed E-state index contributed by atoms with van der Waals surface area (Å²) < 4.78 is 0. The van der Waals surface area contributed by atoms with Gasteiger partial charge in [0.2, 0.25) is 5.91 Å². The van der Waals surface area contributed by atoms with Crippen molar-refractivity contribution < 1.29 is 54.5 Å². The minimum Gasteiger partial charge on any atom is -0.548 e. The molecular weight excluding hydrogens is 429 g/mol. The summed E-state index contributed by atoms with van der Waals surface area (Å²) in [6.07, 6.45) is 8.95. The van der Waals surface area contributed by atoms with Crippen LogP contribution < -0.4 is 40.0 Å². The topological polar surface area (TPSA) is 110 Å². The zero-order valence-corrected chi connectivity index (χ0v) is 23.0. The van der Waals surface area contributed by atoms with E-state index in [0.717, 1.165) is 51.4 Å². The molecule has 0 radical (unpaired) electrons. The van der Waals surface area contributed by atoms with Crippen molar-refractivity contribution in [2.24, 2.45) is 46.3 Å². The molecule has 4 aliphatic rings. The number of carboxylic acid groups (broad SMARTS) is 1. The Morgan fingerprint density at radius 2 is 1.70 bits per heavy atom. The van der Waals surface area contributed by atoms with Gasteiger partial charge in [-0.1, -0.05) is 20.8 Å². The van der Waals surface area contributed by atoms with Gasteiger partial charge in [-0.25, -0.2) is 0 Å². The molecule has 3 N–H and O–H groups in total. The molecule has 6 nitrogen and oxygen atoms in total. The average molecular weight is 472 g/mol. The Morgan fingerprint density at radius 1 is 1.03 bits per heavy atom. The number of carboxylic acids is 1. The minimum absolute atomic E-state index is 0. The van der Waals surface area contributed by atoms with E-state index < -0.39 is 12.5 Å². The summed E-state index contributed by atoms with van der Waals surface area (Å²) in [5.74, 6) is 1.31. The van der Waals surface area contributed by atoms with Crippen LogP contribution >= 0.6 is 0 Å². The van der Waals surface area contributed by atoms with Gasteiger partial charge in [0.25, 0.3) is 0 Å². The molecule has 7 heteroatoms. The molecule has 4 aliphatic carbocycles. The van der Waals surface area contributed by atoms with Crippen LogP contribution in [0.1, 0.15) is 85.0 Å². The van der Waals surface area contributed by atoms with Crippen molar-refractivity contribution in [3.63, 3.8) is 0 Å². The Bertz CT molecular complexity index is 733. The second kappa shape index (κ2) is 10.5. The Morgan fingerprint density at radius 3 is 2.39 bits per heavy atom. The Kier molecular flexibility index (Phi) is 8.70. The molecule has 2 unspecified atom stereocenters. The van der Waals surface area contributed by atoms with Crippen molar-refractivity contribution >= 4 is 11.9 Å². The number of aliphatic hydroxyl groups excluding tert-OH is 2. The van der Waals surface area contributed by atoms with E-state index in [1.165, 1.54) is 6.42 Å². The molecule has 0 aromatic heterocycles. The number of aliphatic hydroxyl groups is 2. The van der Waals surface area contributed by atoms with Crippen molar-refractivity contribution in [2.45, 2.75) is 97.2 Å². The van der Waals surface area contributed by atoms with Gasteiger partial charge in [0.05, 0.1) is 24.7 Å². The molecule has 4 saturated carbocycles. The first kappa shape index (κ1) is 27.4. The third-order valence-electron chi connectivity index (χ3n) is 10.7. The molecule has 0 heterocycles. The van der Waals surface area contributed by atoms with Crippen LogP contribution in [0.5, 0.6) is 0 Å². The molecule has 33 heavy (non-hydrogen) atoms. The summed E-state index contributed by atoms with van der Waals surface area (Å²) in [4.78, 5) is 22.6. The summed E-state index contributed by atoms with van der Waals surface area (Å²) in [5, 5.41) is 34.5. The van der Waals surface area contributed by atoms with E-state index in [1.54, 1.807) is 0 Å². The number of hydrogen-bond donors (Lipinski definition) is 3. The molecule has 0 aromatic carbocycles. The van der Waals surface area contributed by atoms with Crippen molar-refractivity contribution in [1.29, 1.82) is 0 Å². The quantitative estimate of drug-likeness (QED) is 0.442. The summed E-state index contributed by atoms with van der Waals surface area (Å²) in [6, 6.07) is 0. The van der Waals surface area contributed by atoms with E-state index >= 15 is 0 Å². The van der Waals surface area contributed by atoms with Crippen molar-refractivity contribution in [2.75, 3.05) is 6.54 Å². The predicted octanol–water partition coefficient (Wildman–Crippen LogP) is -0.737. The van der Waals surface area contributed by atoms with Crippen LogP contribution in [-0.4, -0.2) is 40.8 Å². The first-order valence-corrected chi connectivity index (χ1v) is 12.9. The molecule has 0 aliphatic heterocycles. The van der Waals surface area contributed by atoms with Crippen molar-refractivity contribution in [3.8, 4) is 0 Å². The molecule has 0 spiro atoms. The first-order chi connectivity index (χ1) is 15.1. The zero-order valence-electron chi connectivity index (χ0n) is 21.0. The van der Waals surface area contributed by atoms with Crippen LogP contribution in [0.4, 0.5) is 0 Å². The number of amides is 1. The number of rotatable bonds is 6. The van der Waals surface area contributed by atoms with E-state index in [4.69, 9.17) is 0 Å². The van der Waals surface area contributed by atoms with Gasteiger partial charge < -0.3 is 25.4 Å². The van der Waals surface area contributed by atoms with Gasteiger partial charge in [-0.05, 0) is 104 Å². The largest absolute Gasteiger partial charge is 1.00 e. The van der Waals surface area contributed by atoms with Gasteiger partial charge in [-0.2, -0.15) is 0 Å². The smallest absolute Gasteiger partial charge is 0.548 e. The molecule has 182 valence electrons. The number of aliphatic carboxylic acids is 1. The monoisotopic (exact) mass is 471 g/mol. The molecule has 4 rings (SSSR count). The fraction of sp³-hybridized carbons (Fsp3) is 0.923. The number of hydrogen-bond acceptors (Lipinski definition) is 5. The SMILES string of the molecule is C[C@H](CCC(=O)NCC(=O)[O-])[C@@H]1CC[C@@H]2[C@H]3C(CC[C@@]21C)C1(C)CC[C@@H](O)C[C@H]1C[C@H]3O.[Na+]. The van der Waals surface area contributed by atoms with E-state index in [2.05, 4.69) is 26.1 Å². The zero-order chi connectivity index (χ0) is 23.3. The summed E-state index contributed by atoms with van der Waals surface area (Å²) in [7, 11) is 0. The van der Waals surface area contributed by atoms with E-state index in [1.807, 2.05) is 0 Å². The fourth-order valence-electron chi connectivity index (χ4n) is 8.99. The average Bonchev–Trinajstić information content (AvgIpc) is 3.09. The first-order valence-electron chi connectivity index (χ1n) is 12.9. The Hall–Kier alpha value is -0.140. The number of fused-ring (bicyclic) bond motifs is 5. The normalized spacial score (nSPS) is 45.1. The van der Waals surface area contributed by atoms with Gasteiger partial charge in [-0.3, -0.25) is 4.79 Å². The molecular formula is C26H42NNaO5. The van der Waals surface area contributed by atoms with Gasteiger partial charge in [0, 0.05) is 6.42 Å². The van der Waals surface area contributed by atoms with Crippen LogP contribution in [0.25, 0.3) is 0 Å². The third-order valence-corrected chi connectivity index (χ3v) is 10.7. The van der Waals surface area contributed by atoms with Gasteiger partial charge >= 0.3 is 29.6 Å². The van der Waals surface area contributed by atoms with Gasteiger partial charge in [-0.15, -0.1) is 0 Å². The fourth-order valence-corrected chi connectivity index (χ4v) is 8.99. The summed E-state index contributed by atoms with van der Waals surface area (Å²) in [6.45, 7) is 6.70. The van der Waals surface area contributed by atoms with Gasteiger partial charge in [0.1, 0.15) is 0 Å². The molecule has 1 amide bonds. The molecule has 10 atom stereocenters. The van der Waals surface area contributed by atoms with E-state index in [-0.39, 0.29) is 58.5 Å². The van der Waals surface area contributed by atoms with Crippen molar-refractivity contribution in [1.82, 2.24) is 5.32 Å². The maximum Gasteiger partial charge on any atom is 1.00 e. The van der Waals surface area contributed by atoms with E-state index in [0.29, 0.717) is 41.9 Å². The minimum atomic E-state index is -1.26. The predicted molar refractivity (Wildman–Crippen MR) is 119 cm³/mol. The third kappa shape index (κ3) is 5.07. The standard InChI is InChI=1S/C26H43NO5.Na/c1-15(4-7-22(30)27-14-23(31)32)18-5-6-19-24-20(9-11-26(18,19)3)25(2)10-8-17(28)12-16(25)13-21(24)29;/h15-21,24,28-29H,4-14H2,1-3H3,(H,27,30)(H,31,32);/q;+1/p-1/t15-,16+,17-,18+,19-,20?,21-,24+,25?,26-;/m1./s1. The second-order valence-corrected chi connectivity index (χ2v) is 12.1. The molecule has 0 saturated heterocycles. The van der Waals surface area contributed by atoms with Crippen LogP contribution in [-0.2, 0) is 9.59 Å². The number of nitrogens with one attached hydrogen (secondary N) is 1. The van der Waals surface area contributed by atoms with E-state index in [9.17, 15) is 24.9 Å². The van der Waals surface area contributed by atoms with Gasteiger partial charge in [0.15, 0.2) is 0 Å². The maximum absolute atomic E-state index is 12.0. The van der Waals surface area contributed by atoms with Crippen LogP contribution in [0, 0.1) is 46.3 Å². The Balaban J connectivity index is 0.00000306. The summed E-state index contributed by atoms with van der Waals surface area (Å²) >= 11 is 0. The molecule has 4 fully saturated rings. The second-order valence-electron chi connectivity index (χ2n) is 12.1. The van der Waals surface area contributed by atoms with Crippen LogP contribution in [0.2, 0.25) is 0 Å².